The Bertz CT molecular complexity index is 449. The Kier molecular flexibility index (Phi) is 9.07. The number of hydrogen-bond donors (Lipinski definition) is 0. The van der Waals surface area contributed by atoms with Gasteiger partial charge in [-0.3, -0.25) is 0 Å². The summed E-state index contributed by atoms with van der Waals surface area (Å²) in [4.78, 5) is 0. The topological polar surface area (TPSA) is 22.3 Å². The van der Waals surface area contributed by atoms with Gasteiger partial charge in [-0.15, -0.1) is 6.58 Å². The van der Waals surface area contributed by atoms with Crippen molar-refractivity contribution in [3.63, 3.8) is 0 Å². The molecule has 2 rings (SSSR count). The highest BCUT2D eigenvalue weighted by molar-refractivity contribution is 5.09. The Labute approximate surface area is 147 Å². The van der Waals surface area contributed by atoms with Gasteiger partial charge in [0.25, 0.3) is 0 Å². The summed E-state index contributed by atoms with van der Waals surface area (Å²) in [6.45, 7) is 8.55. The molecule has 0 spiro atoms. The third-order valence-corrected chi connectivity index (χ3v) is 4.79. The smallest absolute Gasteiger partial charge is 0.184 e. The van der Waals surface area contributed by atoms with Gasteiger partial charge in [-0.2, -0.15) is 0 Å². The second-order valence-electron chi connectivity index (χ2n) is 6.81. The summed E-state index contributed by atoms with van der Waals surface area (Å²) in [7, 11) is 0. The molecule has 0 amide bonds. The van der Waals surface area contributed by atoms with Crippen LogP contribution in [-0.2, 0) is 16.0 Å². The molecule has 0 aliphatic carbocycles. The van der Waals surface area contributed by atoms with Crippen molar-refractivity contribution in [1.82, 2.24) is 0 Å². The highest BCUT2D eigenvalue weighted by Gasteiger charge is 2.23. The first-order valence-electron chi connectivity index (χ1n) is 9.66. The van der Waals surface area contributed by atoms with Crippen LogP contribution in [0.1, 0.15) is 70.1 Å². The Morgan fingerprint density at radius 3 is 2.29 bits per heavy atom. The number of ether oxygens (including phenoxy) is 2. The zero-order valence-corrected chi connectivity index (χ0v) is 15.3. The monoisotopic (exact) mass is 332 g/mol. The second kappa shape index (κ2) is 11.4. The highest BCUT2D eigenvalue weighted by Crippen LogP contribution is 2.26. The van der Waals surface area contributed by atoms with Gasteiger partial charge in [-0.25, -0.2) is 4.57 Å². The van der Waals surface area contributed by atoms with Crippen molar-refractivity contribution in [1.29, 1.82) is 0 Å². The fraction of sp³-hybridized carbons (Fsp3) is 0.667. The number of allylic oxidation sites excluding steroid dienone is 1. The van der Waals surface area contributed by atoms with Crippen LogP contribution in [0.15, 0.2) is 37.2 Å². The molecule has 0 unspecified atom stereocenters. The Morgan fingerprint density at radius 1 is 1.04 bits per heavy atom. The average molecular weight is 333 g/mol. The van der Waals surface area contributed by atoms with E-state index in [9.17, 15) is 0 Å². The van der Waals surface area contributed by atoms with Crippen LogP contribution in [0.5, 0.6) is 0 Å². The number of unbranched alkanes of at least 4 members (excludes halogenated alkanes) is 6. The highest BCUT2D eigenvalue weighted by atomic mass is 16.7. The summed E-state index contributed by atoms with van der Waals surface area (Å²) in [5.41, 5.74) is 1.12. The first-order valence-corrected chi connectivity index (χ1v) is 9.66. The molecule has 0 aromatic carbocycles. The van der Waals surface area contributed by atoms with Crippen molar-refractivity contribution < 1.29 is 14.0 Å². The van der Waals surface area contributed by atoms with Gasteiger partial charge in [-0.05, 0) is 26.2 Å². The van der Waals surface area contributed by atoms with E-state index in [4.69, 9.17) is 9.47 Å². The molecule has 24 heavy (non-hydrogen) atoms. The van der Waals surface area contributed by atoms with Crippen molar-refractivity contribution in [2.45, 2.75) is 71.1 Å². The van der Waals surface area contributed by atoms with Gasteiger partial charge in [0.1, 0.15) is 6.54 Å². The summed E-state index contributed by atoms with van der Waals surface area (Å²) in [5, 5.41) is 0. The van der Waals surface area contributed by atoms with E-state index >= 15 is 0 Å². The molecule has 0 radical (unpaired) electrons. The molecule has 3 nitrogen and oxygen atoms in total. The molecule has 1 fully saturated rings. The van der Waals surface area contributed by atoms with Crippen LogP contribution >= 0.6 is 0 Å². The SMILES string of the molecule is C=CCCCCCCCCC1COC(c2cc[n+](CC)cc2)OC1. The third kappa shape index (κ3) is 6.74. The zero-order chi connectivity index (χ0) is 17.0. The third-order valence-electron chi connectivity index (χ3n) is 4.79. The molecule has 0 saturated carbocycles. The number of nitrogens with zero attached hydrogens (tertiary/aromatic N) is 1. The van der Waals surface area contributed by atoms with Gasteiger partial charge >= 0.3 is 0 Å². The molecule has 1 aromatic heterocycles. The maximum atomic E-state index is 5.93. The van der Waals surface area contributed by atoms with Crippen LogP contribution in [0.25, 0.3) is 0 Å². The van der Waals surface area contributed by atoms with Gasteiger partial charge in [0.2, 0.25) is 0 Å². The van der Waals surface area contributed by atoms with Crippen molar-refractivity contribution in [3.8, 4) is 0 Å². The summed E-state index contributed by atoms with van der Waals surface area (Å²) in [5.74, 6) is 0.561. The fourth-order valence-corrected chi connectivity index (χ4v) is 3.17. The summed E-state index contributed by atoms with van der Waals surface area (Å²) >= 11 is 0. The molecular formula is C21H34NO2+. The van der Waals surface area contributed by atoms with Gasteiger partial charge < -0.3 is 9.47 Å². The Balaban J connectivity index is 1.55. The van der Waals surface area contributed by atoms with Crippen LogP contribution in [0.4, 0.5) is 0 Å². The quantitative estimate of drug-likeness (QED) is 0.324. The second-order valence-corrected chi connectivity index (χ2v) is 6.81. The molecule has 1 aliphatic rings. The normalized spacial score (nSPS) is 20.9. The van der Waals surface area contributed by atoms with Crippen LogP contribution in [0.2, 0.25) is 0 Å². The van der Waals surface area contributed by atoms with E-state index in [1.807, 2.05) is 6.08 Å². The van der Waals surface area contributed by atoms with E-state index in [2.05, 4.69) is 42.6 Å². The average Bonchev–Trinajstić information content (AvgIpc) is 2.64. The molecule has 2 heterocycles. The maximum absolute atomic E-state index is 5.93. The number of aromatic nitrogens is 1. The molecule has 1 aromatic rings. The number of pyridine rings is 1. The van der Waals surface area contributed by atoms with E-state index in [-0.39, 0.29) is 6.29 Å². The predicted octanol–water partition coefficient (Wildman–Crippen LogP) is 4.96. The molecule has 0 bridgehead atoms. The molecule has 3 heteroatoms. The number of hydrogen-bond acceptors (Lipinski definition) is 2. The van der Waals surface area contributed by atoms with Gasteiger partial charge in [0, 0.05) is 23.6 Å². The molecule has 1 aliphatic heterocycles. The van der Waals surface area contributed by atoms with E-state index in [0.29, 0.717) is 5.92 Å². The van der Waals surface area contributed by atoms with E-state index in [1.165, 1.54) is 44.9 Å². The van der Waals surface area contributed by atoms with Gasteiger partial charge in [-0.1, -0.05) is 38.2 Å². The maximum Gasteiger partial charge on any atom is 0.184 e. The van der Waals surface area contributed by atoms with Crippen LogP contribution in [0.3, 0.4) is 0 Å². The zero-order valence-electron chi connectivity index (χ0n) is 15.3. The van der Waals surface area contributed by atoms with Crippen molar-refractivity contribution in [3.05, 3.63) is 42.7 Å². The lowest BCUT2D eigenvalue weighted by atomic mass is 10.0. The van der Waals surface area contributed by atoms with Crippen LogP contribution in [0, 0.1) is 5.92 Å². The lowest BCUT2D eigenvalue weighted by molar-refractivity contribution is -0.693. The fourth-order valence-electron chi connectivity index (χ4n) is 3.17. The summed E-state index contributed by atoms with van der Waals surface area (Å²) < 4.78 is 14.0. The standard InChI is InChI=1S/C21H34NO2/c1-3-5-6-7-8-9-10-11-12-19-17-23-21(24-18-19)20-13-15-22(4-2)16-14-20/h3,13-16,19,21H,1,4-12,17-18H2,2H3/q+1. The lowest BCUT2D eigenvalue weighted by Crippen LogP contribution is -2.32. The molecule has 134 valence electrons. The minimum Gasteiger partial charge on any atom is -0.348 e. The number of rotatable bonds is 11. The molecular weight excluding hydrogens is 298 g/mol. The van der Waals surface area contributed by atoms with E-state index < -0.39 is 0 Å². The van der Waals surface area contributed by atoms with Crippen molar-refractivity contribution >= 4 is 0 Å². The van der Waals surface area contributed by atoms with Crippen LogP contribution < -0.4 is 4.57 Å². The Hall–Kier alpha value is -1.19. The number of aryl methyl sites for hydroxylation is 1. The van der Waals surface area contributed by atoms with Gasteiger partial charge in [0.15, 0.2) is 18.7 Å². The molecule has 0 N–H and O–H groups in total. The summed E-state index contributed by atoms with van der Waals surface area (Å²) in [6, 6.07) is 4.20. The van der Waals surface area contributed by atoms with Crippen molar-refractivity contribution in [2.75, 3.05) is 13.2 Å². The van der Waals surface area contributed by atoms with E-state index in [1.54, 1.807) is 0 Å². The molecule has 1 saturated heterocycles. The largest absolute Gasteiger partial charge is 0.348 e. The Morgan fingerprint density at radius 2 is 1.67 bits per heavy atom. The lowest BCUT2D eigenvalue weighted by Gasteiger charge is -2.29. The summed E-state index contributed by atoms with van der Waals surface area (Å²) in [6.07, 6.45) is 16.4. The predicted molar refractivity (Wildman–Crippen MR) is 97.6 cm³/mol. The molecule has 0 atom stereocenters. The van der Waals surface area contributed by atoms with Gasteiger partial charge in [0.05, 0.1) is 13.2 Å². The van der Waals surface area contributed by atoms with E-state index in [0.717, 1.165) is 31.7 Å². The first kappa shape index (κ1) is 19.1. The minimum absolute atomic E-state index is 0.183. The first-order chi connectivity index (χ1) is 11.8. The van der Waals surface area contributed by atoms with Crippen LogP contribution in [-0.4, -0.2) is 13.2 Å². The minimum atomic E-state index is -0.183. The van der Waals surface area contributed by atoms with Crippen molar-refractivity contribution in [2.24, 2.45) is 5.92 Å².